The molecule has 0 atom stereocenters. The summed E-state index contributed by atoms with van der Waals surface area (Å²) in [6.45, 7) is 1.83. The summed E-state index contributed by atoms with van der Waals surface area (Å²) >= 11 is 0. The molecule has 0 fully saturated rings. The molecule has 42 valence electrons. The van der Waals surface area contributed by atoms with E-state index in [-0.39, 0.29) is 5.72 Å². The Bertz CT molecular complexity index is 83.7. The second-order valence-electron chi connectivity index (χ2n) is 2.21. The first kappa shape index (κ1) is 12.3. The third-order valence-electron chi connectivity index (χ3n) is 0. The fourth-order valence-electron chi connectivity index (χ4n) is 0. The van der Waals surface area contributed by atoms with Gasteiger partial charge in [-0.25, -0.2) is 0 Å². The molecule has 0 aliphatic carbocycles. The Hall–Kier alpha value is 0.560. The van der Waals surface area contributed by atoms with Gasteiger partial charge in [0.15, 0.2) is 0 Å². The maximum atomic E-state index is 5.13. The van der Waals surface area contributed by atoms with Crippen LogP contribution in [0.5, 0.6) is 0 Å². The second kappa shape index (κ2) is 5.35. The molecule has 0 aliphatic rings. The molecule has 0 unspecified atom stereocenters. The highest BCUT2D eigenvalue weighted by Crippen LogP contribution is 2.24. The van der Waals surface area contributed by atoms with Crippen molar-refractivity contribution in [2.45, 2.75) is 12.6 Å². The van der Waals surface area contributed by atoms with Crippen molar-refractivity contribution >= 4 is 43.8 Å². The van der Waals surface area contributed by atoms with Crippen molar-refractivity contribution < 1.29 is 0 Å². The number of hydrogen-bond donors (Lipinski definition) is 0. The highest BCUT2D eigenvalue weighted by atomic mass is 31.2. The summed E-state index contributed by atoms with van der Waals surface area (Å²) in [5, 5.41) is 0. The Morgan fingerprint density at radius 3 is 1.33 bits per heavy atom. The van der Waals surface area contributed by atoms with Crippen LogP contribution in [0.1, 0.15) is 6.92 Å². The maximum absolute atomic E-state index is 5.13. The van der Waals surface area contributed by atoms with Gasteiger partial charge >= 0.3 is 0 Å². The molecule has 0 spiro atoms. The van der Waals surface area contributed by atoms with Gasteiger partial charge in [-0.3, -0.25) is 0 Å². The minimum atomic E-state index is -1.64. The van der Waals surface area contributed by atoms with Gasteiger partial charge in [0.1, 0.15) is 0 Å². The van der Waals surface area contributed by atoms with Gasteiger partial charge in [-0.1, -0.05) is 13.6 Å². The van der Waals surface area contributed by atoms with E-state index in [1.54, 1.807) is 13.6 Å². The Labute approximate surface area is 63.7 Å². The van der Waals surface area contributed by atoms with Crippen molar-refractivity contribution in [1.29, 1.82) is 0 Å². The first-order valence-corrected chi connectivity index (χ1v) is 5.08. The molecule has 0 rings (SSSR count). The molecule has 0 heterocycles. The highest BCUT2D eigenvalue weighted by molar-refractivity contribution is 8.12. The van der Waals surface area contributed by atoms with Crippen molar-refractivity contribution in [1.82, 2.24) is 0 Å². The van der Waals surface area contributed by atoms with Crippen LogP contribution in [0.25, 0.3) is 0 Å². The van der Waals surface area contributed by atoms with Crippen LogP contribution in [0.4, 0.5) is 0 Å². The molecule has 0 aromatic carbocycles. The Kier molecular flexibility index (Phi) is 7.29. The summed E-state index contributed by atoms with van der Waals surface area (Å²) in [7, 11) is 20.0. The predicted molar refractivity (Wildman–Crippen MR) is 52.4 cm³/mol. The topological polar surface area (TPSA) is 0 Å². The lowest BCUT2D eigenvalue weighted by molar-refractivity contribution is 1.36. The van der Waals surface area contributed by atoms with Crippen molar-refractivity contribution in [2.24, 2.45) is 0 Å². The minimum absolute atomic E-state index is 0.167. The standard InChI is InChI=1S/C2H5B2P.C2H4B2/c1-5(2,3)4;1-2(3)4/h1H2,2H3;2H,1H3. The summed E-state index contributed by atoms with van der Waals surface area (Å²) < 4.78 is 0. The number of hydrogen-bond acceptors (Lipinski definition) is 0. The van der Waals surface area contributed by atoms with E-state index in [0.29, 0.717) is 0 Å². The summed E-state index contributed by atoms with van der Waals surface area (Å²) in [6, 6.07) is 0. The molecule has 0 amide bonds. The summed E-state index contributed by atoms with van der Waals surface area (Å²) in [5.74, 6) is 0. The zero-order valence-corrected chi connectivity index (χ0v) is 6.94. The quantitative estimate of drug-likeness (QED) is 0.328. The van der Waals surface area contributed by atoms with Crippen LogP contribution >= 0.6 is 6.64 Å². The molecule has 5 heteroatoms. The smallest absolute Gasteiger partial charge is 0.0953 e. The van der Waals surface area contributed by atoms with Crippen molar-refractivity contribution in [3.05, 3.63) is 0 Å². The van der Waals surface area contributed by atoms with Crippen LogP contribution in [-0.2, 0) is 0 Å². The molecule has 0 aromatic rings. The average Bonchev–Trinajstić information content (AvgIpc) is 1.19. The zero-order chi connectivity index (χ0) is 8.08. The molecule has 0 bridgehead atoms. The van der Waals surface area contributed by atoms with Gasteiger partial charge < -0.3 is 0 Å². The Balaban J connectivity index is 0. The van der Waals surface area contributed by atoms with E-state index in [4.69, 9.17) is 30.8 Å². The second-order valence-corrected chi connectivity index (χ2v) is 4.90. The molecular weight excluding hydrogens is 122 g/mol. The SMILES string of the molecule is [B]C([B])C.[B]P([B])(=C)C. The molecule has 0 saturated carbocycles. The lowest BCUT2D eigenvalue weighted by atomic mass is 9.73. The largest absolute Gasteiger partial charge is 0.195 e. The van der Waals surface area contributed by atoms with E-state index in [1.807, 2.05) is 0 Å². The monoisotopic (exact) mass is 132 g/mol. The van der Waals surface area contributed by atoms with Gasteiger partial charge in [-0.2, -0.15) is 6.64 Å². The Morgan fingerprint density at radius 2 is 1.33 bits per heavy atom. The van der Waals surface area contributed by atoms with Crippen molar-refractivity contribution in [3.63, 3.8) is 0 Å². The first-order valence-electron chi connectivity index (χ1n) is 2.52. The summed E-state index contributed by atoms with van der Waals surface area (Å²) in [5.41, 5.74) is -0.167. The maximum Gasteiger partial charge on any atom is 0.0953 e. The van der Waals surface area contributed by atoms with E-state index in [9.17, 15) is 0 Å². The third-order valence-corrected chi connectivity index (χ3v) is 0. The first-order chi connectivity index (χ1) is 3.73. The molecule has 0 nitrogen and oxygen atoms in total. The molecule has 0 N–H and O–H groups in total. The normalized spacial score (nSPS) is 10.1. The Morgan fingerprint density at radius 1 is 1.33 bits per heavy atom. The van der Waals surface area contributed by atoms with Gasteiger partial charge in [0.2, 0.25) is 0 Å². The van der Waals surface area contributed by atoms with Gasteiger partial charge in [-0.15, -0.1) is 12.0 Å². The summed E-state index contributed by atoms with van der Waals surface area (Å²) in [4.78, 5) is 0. The van der Waals surface area contributed by atoms with E-state index < -0.39 is 6.64 Å². The number of rotatable bonds is 0. The van der Waals surface area contributed by atoms with E-state index in [2.05, 4.69) is 6.30 Å². The zero-order valence-electron chi connectivity index (χ0n) is 6.04. The highest BCUT2D eigenvalue weighted by Gasteiger charge is 1.79. The van der Waals surface area contributed by atoms with E-state index >= 15 is 0 Å². The van der Waals surface area contributed by atoms with Gasteiger partial charge in [-0.05, 0) is 0 Å². The molecule has 0 aromatic heterocycles. The van der Waals surface area contributed by atoms with E-state index in [0.717, 1.165) is 0 Å². The van der Waals surface area contributed by atoms with Gasteiger partial charge in [0, 0.05) is 0 Å². The lowest BCUT2D eigenvalue weighted by Gasteiger charge is -1.96. The molecule has 8 radical (unpaired) electrons. The van der Waals surface area contributed by atoms with Gasteiger partial charge in [0.25, 0.3) is 0 Å². The van der Waals surface area contributed by atoms with Crippen LogP contribution in [-0.4, -0.2) is 43.8 Å². The van der Waals surface area contributed by atoms with Crippen LogP contribution < -0.4 is 0 Å². The molecule has 9 heavy (non-hydrogen) atoms. The fraction of sp³-hybridized carbons (Fsp3) is 0.750. The van der Waals surface area contributed by atoms with Crippen molar-refractivity contribution in [2.75, 3.05) is 6.66 Å². The van der Waals surface area contributed by atoms with Gasteiger partial charge in [0.05, 0.1) is 30.8 Å². The fourth-order valence-corrected chi connectivity index (χ4v) is 0. The predicted octanol–water partition coefficient (Wildman–Crippen LogP) is 0.322. The summed E-state index contributed by atoms with van der Waals surface area (Å²) in [6.07, 6.45) is 3.44. The average molecular weight is 131 g/mol. The van der Waals surface area contributed by atoms with Crippen molar-refractivity contribution in [3.8, 4) is 0 Å². The van der Waals surface area contributed by atoms with Crippen LogP contribution in [0, 0.1) is 0 Å². The lowest BCUT2D eigenvalue weighted by Crippen LogP contribution is -1.76. The molecule has 0 saturated heterocycles. The minimum Gasteiger partial charge on any atom is -0.195 e. The van der Waals surface area contributed by atoms with Crippen LogP contribution in [0.3, 0.4) is 0 Å². The van der Waals surface area contributed by atoms with Crippen LogP contribution in [0.2, 0.25) is 5.72 Å². The van der Waals surface area contributed by atoms with Crippen LogP contribution in [0.15, 0.2) is 0 Å². The molecular formula is C4H9B4P. The molecule has 0 aliphatic heterocycles. The van der Waals surface area contributed by atoms with E-state index in [1.165, 1.54) is 0 Å². The third kappa shape index (κ3) is 1180.